The summed E-state index contributed by atoms with van der Waals surface area (Å²) in [4.78, 5) is 57.4. The van der Waals surface area contributed by atoms with Crippen molar-refractivity contribution in [1.29, 1.82) is 0 Å². The highest BCUT2D eigenvalue weighted by Crippen LogP contribution is 2.38. The largest absolute Gasteiger partial charge is 0.444 e. The predicted octanol–water partition coefficient (Wildman–Crippen LogP) is 5.31. The minimum atomic E-state index is -0.664. The lowest BCUT2D eigenvalue weighted by molar-refractivity contribution is -0.145. The lowest BCUT2D eigenvalue weighted by Crippen LogP contribution is -2.56. The second kappa shape index (κ2) is 13.3. The van der Waals surface area contributed by atoms with Crippen LogP contribution < -0.4 is 10.6 Å². The highest BCUT2D eigenvalue weighted by molar-refractivity contribution is 5.84. The fraction of sp³-hybridized carbons (Fsp3) is 0.556. The molecule has 46 heavy (non-hydrogen) atoms. The molecule has 2 aliphatic carbocycles. The number of rotatable bonds is 4. The zero-order valence-electron chi connectivity index (χ0n) is 27.9. The van der Waals surface area contributed by atoms with Gasteiger partial charge in [0, 0.05) is 26.2 Å². The molecule has 0 bridgehead atoms. The summed E-state index contributed by atoms with van der Waals surface area (Å²) in [6, 6.07) is 14.8. The van der Waals surface area contributed by atoms with Gasteiger partial charge in [0.2, 0.25) is 11.8 Å². The summed E-state index contributed by atoms with van der Waals surface area (Å²) in [6.45, 7) is 12.5. The summed E-state index contributed by atoms with van der Waals surface area (Å²) in [5.74, 6) is -0.943. The Hall–Kier alpha value is -4.08. The first-order chi connectivity index (χ1) is 21.7. The van der Waals surface area contributed by atoms with Crippen LogP contribution in [0.25, 0.3) is 0 Å². The number of nitrogens with one attached hydrogen (secondary N) is 2. The van der Waals surface area contributed by atoms with Gasteiger partial charge in [0.15, 0.2) is 0 Å². The Kier molecular flexibility index (Phi) is 9.65. The van der Waals surface area contributed by atoms with Gasteiger partial charge in [-0.05, 0) is 89.5 Å². The van der Waals surface area contributed by atoms with E-state index in [9.17, 15) is 19.2 Å². The van der Waals surface area contributed by atoms with E-state index < -0.39 is 47.3 Å². The van der Waals surface area contributed by atoms with Gasteiger partial charge in [-0.2, -0.15) is 0 Å². The Morgan fingerprint density at radius 2 is 0.957 bits per heavy atom. The number of alkyl carbamates (subject to hydrolysis) is 2. The van der Waals surface area contributed by atoms with Crippen LogP contribution in [0.5, 0.6) is 0 Å². The molecule has 1 saturated heterocycles. The smallest absolute Gasteiger partial charge is 0.408 e. The van der Waals surface area contributed by atoms with Gasteiger partial charge < -0.3 is 29.9 Å². The van der Waals surface area contributed by atoms with Crippen molar-refractivity contribution in [3.63, 3.8) is 0 Å². The van der Waals surface area contributed by atoms with Crippen molar-refractivity contribution in [2.75, 3.05) is 26.2 Å². The monoisotopic (exact) mass is 632 g/mol. The van der Waals surface area contributed by atoms with Crippen molar-refractivity contribution in [2.24, 2.45) is 11.8 Å². The second-order valence-corrected chi connectivity index (χ2v) is 14.6. The molecule has 10 heteroatoms. The summed E-state index contributed by atoms with van der Waals surface area (Å²) < 4.78 is 11.1. The van der Waals surface area contributed by atoms with Gasteiger partial charge in [-0.15, -0.1) is 0 Å². The minimum Gasteiger partial charge on any atom is -0.444 e. The standard InChI is InChI=1S/C36H48N4O6/c1-35(2,3)45-33(43)37-29-25-13-9-7-11-23(25)15-17-27(29)31(41)39-19-21-40(22-20-39)32(42)28-18-16-24-12-8-10-14-26(24)30(28)38-34(44)46-36(4,5)6/h7-14,27-30H,15-22H2,1-6H3,(H,37,43)(H,38,44)/t27-,28-,29+,30+/m1/s1. The van der Waals surface area contributed by atoms with Crippen LogP contribution in [-0.2, 0) is 31.9 Å². The number of ether oxygens (including phenoxy) is 2. The lowest BCUT2D eigenvalue weighted by atomic mass is 9.78. The van der Waals surface area contributed by atoms with E-state index >= 15 is 0 Å². The number of nitrogens with zero attached hydrogens (tertiary/aromatic N) is 2. The predicted molar refractivity (Wildman–Crippen MR) is 174 cm³/mol. The van der Waals surface area contributed by atoms with Crippen molar-refractivity contribution >= 4 is 24.0 Å². The minimum absolute atomic E-state index is 0.0290. The Morgan fingerprint density at radius 3 is 1.30 bits per heavy atom. The molecule has 2 aromatic carbocycles. The molecule has 0 spiro atoms. The molecule has 0 saturated carbocycles. The summed E-state index contributed by atoms with van der Waals surface area (Å²) in [5, 5.41) is 5.99. The second-order valence-electron chi connectivity index (χ2n) is 14.6. The number of amides is 4. The summed E-state index contributed by atoms with van der Waals surface area (Å²) >= 11 is 0. The van der Waals surface area contributed by atoms with Gasteiger partial charge in [0.1, 0.15) is 11.2 Å². The normalized spacial score (nSPS) is 23.0. The number of aryl methyl sites for hydroxylation is 2. The molecule has 1 heterocycles. The zero-order valence-corrected chi connectivity index (χ0v) is 27.9. The summed E-state index contributed by atoms with van der Waals surface area (Å²) in [5.41, 5.74) is 2.78. The first kappa shape index (κ1) is 33.3. The van der Waals surface area contributed by atoms with E-state index in [1.165, 1.54) is 0 Å². The van der Waals surface area contributed by atoms with Gasteiger partial charge in [-0.3, -0.25) is 9.59 Å². The molecule has 1 fully saturated rings. The molecule has 4 atom stereocenters. The van der Waals surface area contributed by atoms with Crippen LogP contribution in [0.2, 0.25) is 0 Å². The van der Waals surface area contributed by atoms with Crippen LogP contribution in [0, 0.1) is 11.8 Å². The number of fused-ring (bicyclic) bond motifs is 2. The maximum absolute atomic E-state index is 14.0. The summed E-state index contributed by atoms with van der Waals surface area (Å²) in [7, 11) is 0. The maximum Gasteiger partial charge on any atom is 0.408 e. The van der Waals surface area contributed by atoms with Gasteiger partial charge in [0.05, 0.1) is 23.9 Å². The van der Waals surface area contributed by atoms with Crippen LogP contribution in [-0.4, -0.2) is 71.2 Å². The van der Waals surface area contributed by atoms with Gasteiger partial charge in [0.25, 0.3) is 0 Å². The Labute approximate surface area is 272 Å². The molecular weight excluding hydrogens is 584 g/mol. The molecule has 0 radical (unpaired) electrons. The van der Waals surface area contributed by atoms with Crippen LogP contribution >= 0.6 is 0 Å². The highest BCUT2D eigenvalue weighted by Gasteiger charge is 2.42. The van der Waals surface area contributed by atoms with Gasteiger partial charge >= 0.3 is 12.2 Å². The van der Waals surface area contributed by atoms with Crippen LogP contribution in [0.4, 0.5) is 9.59 Å². The summed E-state index contributed by atoms with van der Waals surface area (Å²) in [6.07, 6.45) is 1.60. The molecule has 10 nitrogen and oxygen atoms in total. The molecule has 0 aromatic heterocycles. The molecule has 5 rings (SSSR count). The van der Waals surface area contributed by atoms with E-state index in [-0.39, 0.29) is 11.8 Å². The van der Waals surface area contributed by atoms with Crippen molar-refractivity contribution in [3.8, 4) is 0 Å². The molecule has 248 valence electrons. The van der Waals surface area contributed by atoms with Crippen LogP contribution in [0.15, 0.2) is 48.5 Å². The first-order valence-electron chi connectivity index (χ1n) is 16.4. The number of carbonyl (C=O) groups excluding carboxylic acids is 4. The van der Waals surface area contributed by atoms with Crippen molar-refractivity contribution in [2.45, 2.75) is 90.5 Å². The number of piperazine rings is 1. The number of hydrogen-bond donors (Lipinski definition) is 2. The fourth-order valence-corrected chi connectivity index (χ4v) is 6.89. The Morgan fingerprint density at radius 1 is 0.609 bits per heavy atom. The van der Waals surface area contributed by atoms with E-state index in [0.29, 0.717) is 39.0 Å². The zero-order chi connectivity index (χ0) is 33.2. The Bertz CT molecular complexity index is 1340. The first-order valence-corrected chi connectivity index (χ1v) is 16.4. The fourth-order valence-electron chi connectivity index (χ4n) is 6.89. The van der Waals surface area contributed by atoms with E-state index in [2.05, 4.69) is 10.6 Å². The third-order valence-corrected chi connectivity index (χ3v) is 8.92. The lowest BCUT2D eigenvalue weighted by Gasteiger charge is -2.42. The molecule has 2 aromatic rings. The SMILES string of the molecule is CC(C)(C)OC(=O)N[C@H]1c2ccccc2CC[C@H]1C(=O)N1CCN(C(=O)[C@@H]2CCc3ccccc3[C@@H]2NC(=O)OC(C)(C)C)CC1. The van der Waals surface area contributed by atoms with E-state index in [1.807, 2.05) is 99.9 Å². The molecule has 0 unspecified atom stereocenters. The quantitative estimate of drug-likeness (QED) is 0.472. The molecule has 3 aliphatic rings. The Balaban J connectivity index is 1.27. The van der Waals surface area contributed by atoms with Gasteiger partial charge in [-0.1, -0.05) is 48.5 Å². The maximum atomic E-state index is 14.0. The van der Waals surface area contributed by atoms with Crippen LogP contribution in [0.3, 0.4) is 0 Å². The van der Waals surface area contributed by atoms with Crippen molar-refractivity contribution < 1.29 is 28.7 Å². The highest BCUT2D eigenvalue weighted by atomic mass is 16.6. The topological polar surface area (TPSA) is 117 Å². The average Bonchev–Trinajstić information content (AvgIpc) is 2.99. The van der Waals surface area contributed by atoms with Crippen molar-refractivity contribution in [1.82, 2.24) is 20.4 Å². The van der Waals surface area contributed by atoms with Gasteiger partial charge in [-0.25, -0.2) is 9.59 Å². The average molecular weight is 633 g/mol. The number of carbonyl (C=O) groups is 4. The van der Waals surface area contributed by atoms with E-state index in [0.717, 1.165) is 35.1 Å². The van der Waals surface area contributed by atoms with Crippen LogP contribution in [0.1, 0.15) is 88.7 Å². The molecule has 2 N–H and O–H groups in total. The number of benzene rings is 2. The van der Waals surface area contributed by atoms with E-state index in [1.54, 1.807) is 0 Å². The third kappa shape index (κ3) is 7.82. The third-order valence-electron chi connectivity index (χ3n) is 8.92. The molecule has 1 aliphatic heterocycles. The number of hydrogen-bond acceptors (Lipinski definition) is 6. The van der Waals surface area contributed by atoms with E-state index in [4.69, 9.17) is 9.47 Å². The molecule has 4 amide bonds. The van der Waals surface area contributed by atoms with Crippen molar-refractivity contribution in [3.05, 3.63) is 70.8 Å². The molecular formula is C36H48N4O6.